The summed E-state index contributed by atoms with van der Waals surface area (Å²) in [7, 11) is 0. The molecule has 1 saturated carbocycles. The average Bonchev–Trinajstić information content (AvgIpc) is 2.75. The Hall–Kier alpha value is -1.70. The third-order valence-corrected chi connectivity index (χ3v) is 3.13. The van der Waals surface area contributed by atoms with Crippen LogP contribution < -0.4 is 10.6 Å². The van der Waals surface area contributed by atoms with Gasteiger partial charge in [0.05, 0.1) is 6.04 Å². The summed E-state index contributed by atoms with van der Waals surface area (Å²) in [6.07, 6.45) is 8.43. The number of carbonyl (C=O) groups excluding carboxylic acids is 1. The van der Waals surface area contributed by atoms with Gasteiger partial charge in [-0.15, -0.1) is 6.42 Å². The SMILES string of the molecule is C#CC(CC)NC(=O)NC1(C(=O)O)CCCC1. The van der Waals surface area contributed by atoms with E-state index in [4.69, 9.17) is 6.42 Å². The summed E-state index contributed by atoms with van der Waals surface area (Å²) in [6.45, 7) is 1.85. The fourth-order valence-electron chi connectivity index (χ4n) is 2.04. The normalized spacial score (nSPS) is 19.1. The van der Waals surface area contributed by atoms with Crippen molar-refractivity contribution < 1.29 is 14.7 Å². The molecule has 0 aliphatic heterocycles. The van der Waals surface area contributed by atoms with E-state index in [0.29, 0.717) is 19.3 Å². The van der Waals surface area contributed by atoms with Gasteiger partial charge in [0.25, 0.3) is 0 Å². The molecule has 0 aromatic heterocycles. The lowest BCUT2D eigenvalue weighted by atomic mass is 9.98. The van der Waals surface area contributed by atoms with E-state index in [-0.39, 0.29) is 6.04 Å². The second-order valence-corrected chi connectivity index (χ2v) is 4.32. The minimum Gasteiger partial charge on any atom is -0.480 e. The second kappa shape index (κ2) is 5.58. The van der Waals surface area contributed by atoms with Crippen LogP contribution in [0.2, 0.25) is 0 Å². The number of carboxylic acid groups (broad SMARTS) is 1. The van der Waals surface area contributed by atoms with E-state index >= 15 is 0 Å². The molecular weight excluding hydrogens is 220 g/mol. The summed E-state index contributed by atoms with van der Waals surface area (Å²) in [5.41, 5.74) is -1.11. The third-order valence-electron chi connectivity index (χ3n) is 3.13. The Balaban J connectivity index is 2.60. The second-order valence-electron chi connectivity index (χ2n) is 4.32. The smallest absolute Gasteiger partial charge is 0.329 e. The number of terminal acetylenes is 1. The molecule has 0 aromatic carbocycles. The zero-order valence-electron chi connectivity index (χ0n) is 9.95. The van der Waals surface area contributed by atoms with Crippen LogP contribution in [0.1, 0.15) is 39.0 Å². The molecular formula is C12H18N2O3. The highest BCUT2D eigenvalue weighted by Gasteiger charge is 2.42. The quantitative estimate of drug-likeness (QED) is 0.642. The van der Waals surface area contributed by atoms with Crippen LogP contribution in [0, 0.1) is 12.3 Å². The molecule has 5 heteroatoms. The van der Waals surface area contributed by atoms with Gasteiger partial charge in [0.15, 0.2) is 0 Å². The molecule has 1 fully saturated rings. The molecule has 1 unspecified atom stereocenters. The molecule has 0 saturated heterocycles. The van der Waals surface area contributed by atoms with Crippen molar-refractivity contribution in [1.29, 1.82) is 0 Å². The summed E-state index contributed by atoms with van der Waals surface area (Å²) < 4.78 is 0. The number of rotatable bonds is 4. The van der Waals surface area contributed by atoms with Gasteiger partial charge >= 0.3 is 12.0 Å². The summed E-state index contributed by atoms with van der Waals surface area (Å²) >= 11 is 0. The van der Waals surface area contributed by atoms with Crippen molar-refractivity contribution in [3.63, 3.8) is 0 Å². The van der Waals surface area contributed by atoms with Crippen molar-refractivity contribution in [3.8, 4) is 12.3 Å². The number of aliphatic carboxylic acids is 1. The summed E-state index contributed by atoms with van der Waals surface area (Å²) in [6, 6.07) is -0.860. The number of nitrogens with one attached hydrogen (secondary N) is 2. The van der Waals surface area contributed by atoms with E-state index in [1.165, 1.54) is 0 Å². The van der Waals surface area contributed by atoms with E-state index in [9.17, 15) is 14.7 Å². The predicted molar refractivity (Wildman–Crippen MR) is 63.4 cm³/mol. The molecule has 1 atom stereocenters. The molecule has 1 aliphatic rings. The van der Waals surface area contributed by atoms with E-state index in [1.54, 1.807) is 0 Å². The van der Waals surface area contributed by atoms with Crippen LogP contribution in [-0.2, 0) is 4.79 Å². The number of urea groups is 1. The van der Waals surface area contributed by atoms with Gasteiger partial charge in [-0.25, -0.2) is 9.59 Å². The van der Waals surface area contributed by atoms with Crippen molar-refractivity contribution in [3.05, 3.63) is 0 Å². The van der Waals surface area contributed by atoms with Crippen LogP contribution in [0.3, 0.4) is 0 Å². The Morgan fingerprint density at radius 3 is 2.47 bits per heavy atom. The van der Waals surface area contributed by atoms with Gasteiger partial charge < -0.3 is 15.7 Å². The van der Waals surface area contributed by atoms with Crippen molar-refractivity contribution in [2.75, 3.05) is 0 Å². The molecule has 0 heterocycles. The molecule has 1 rings (SSSR count). The lowest BCUT2D eigenvalue weighted by molar-refractivity contribution is -0.144. The van der Waals surface area contributed by atoms with Gasteiger partial charge in [-0.1, -0.05) is 25.7 Å². The Morgan fingerprint density at radius 1 is 1.47 bits per heavy atom. The molecule has 3 N–H and O–H groups in total. The van der Waals surface area contributed by atoms with Gasteiger partial charge in [0, 0.05) is 0 Å². The van der Waals surface area contributed by atoms with Crippen molar-refractivity contribution in [1.82, 2.24) is 10.6 Å². The van der Waals surface area contributed by atoms with E-state index in [1.807, 2.05) is 6.92 Å². The van der Waals surface area contributed by atoms with Crippen LogP contribution in [-0.4, -0.2) is 28.7 Å². The van der Waals surface area contributed by atoms with Crippen LogP contribution in [0.4, 0.5) is 4.79 Å². The lowest BCUT2D eigenvalue weighted by Gasteiger charge is -2.26. The maximum Gasteiger partial charge on any atom is 0.329 e. The van der Waals surface area contributed by atoms with Crippen LogP contribution in [0.15, 0.2) is 0 Å². The molecule has 1 aliphatic carbocycles. The lowest BCUT2D eigenvalue weighted by Crippen LogP contribution is -2.56. The number of carbonyl (C=O) groups is 2. The standard InChI is InChI=1S/C12H18N2O3/c1-3-9(4-2)13-11(17)14-12(10(15)16)7-5-6-8-12/h1,9H,4-8H2,2H3,(H,15,16)(H2,13,14,17). The molecule has 2 amide bonds. The van der Waals surface area contributed by atoms with Gasteiger partial charge in [0.1, 0.15) is 5.54 Å². The molecule has 94 valence electrons. The molecule has 0 aromatic rings. The van der Waals surface area contributed by atoms with Gasteiger partial charge in [-0.2, -0.15) is 0 Å². The fraction of sp³-hybridized carbons (Fsp3) is 0.667. The third kappa shape index (κ3) is 3.13. The van der Waals surface area contributed by atoms with Crippen LogP contribution in [0.5, 0.6) is 0 Å². The largest absolute Gasteiger partial charge is 0.480 e. The molecule has 0 radical (unpaired) electrons. The number of hydrogen-bond donors (Lipinski definition) is 3. The number of hydrogen-bond acceptors (Lipinski definition) is 2. The van der Waals surface area contributed by atoms with Crippen molar-refractivity contribution in [2.45, 2.75) is 50.6 Å². The Morgan fingerprint density at radius 2 is 2.06 bits per heavy atom. The highest BCUT2D eigenvalue weighted by molar-refractivity contribution is 5.86. The first-order valence-electron chi connectivity index (χ1n) is 5.82. The first kappa shape index (κ1) is 13.4. The maximum absolute atomic E-state index is 11.7. The number of carboxylic acids is 1. The van der Waals surface area contributed by atoms with E-state index in [2.05, 4.69) is 16.6 Å². The molecule has 0 bridgehead atoms. The number of amides is 2. The topological polar surface area (TPSA) is 78.4 Å². The van der Waals surface area contributed by atoms with E-state index in [0.717, 1.165) is 12.8 Å². The molecule has 0 spiro atoms. The van der Waals surface area contributed by atoms with Gasteiger partial charge in [0.2, 0.25) is 0 Å². The van der Waals surface area contributed by atoms with Crippen LogP contribution >= 0.6 is 0 Å². The van der Waals surface area contributed by atoms with E-state index < -0.39 is 17.5 Å². The zero-order valence-corrected chi connectivity index (χ0v) is 9.95. The Kier molecular flexibility index (Phi) is 4.38. The Bertz CT molecular complexity index is 340. The first-order chi connectivity index (χ1) is 8.04. The summed E-state index contributed by atoms with van der Waals surface area (Å²) in [5.74, 6) is 1.46. The fourth-order valence-corrected chi connectivity index (χ4v) is 2.04. The van der Waals surface area contributed by atoms with Crippen LogP contribution in [0.25, 0.3) is 0 Å². The van der Waals surface area contributed by atoms with Crippen molar-refractivity contribution in [2.24, 2.45) is 0 Å². The first-order valence-corrected chi connectivity index (χ1v) is 5.82. The van der Waals surface area contributed by atoms with Crippen molar-refractivity contribution >= 4 is 12.0 Å². The Labute approximate surface area is 101 Å². The monoisotopic (exact) mass is 238 g/mol. The highest BCUT2D eigenvalue weighted by Crippen LogP contribution is 2.29. The van der Waals surface area contributed by atoms with Gasteiger partial charge in [-0.3, -0.25) is 0 Å². The molecule has 5 nitrogen and oxygen atoms in total. The summed E-state index contributed by atoms with van der Waals surface area (Å²) in [4.78, 5) is 22.9. The minimum atomic E-state index is -1.11. The predicted octanol–water partition coefficient (Wildman–Crippen LogP) is 1.09. The average molecular weight is 238 g/mol. The zero-order chi connectivity index (χ0) is 12.9. The maximum atomic E-state index is 11.7. The molecule has 17 heavy (non-hydrogen) atoms. The highest BCUT2D eigenvalue weighted by atomic mass is 16.4. The van der Waals surface area contributed by atoms with Gasteiger partial charge in [-0.05, 0) is 19.3 Å². The minimum absolute atomic E-state index is 0.359. The summed E-state index contributed by atoms with van der Waals surface area (Å²) in [5, 5.41) is 14.3.